The van der Waals surface area contributed by atoms with Gasteiger partial charge in [0.25, 0.3) is 0 Å². The zero-order chi connectivity index (χ0) is 11.2. The fraction of sp³-hybridized carbons (Fsp3) is 0.667. The molecule has 3 nitrogen and oxygen atoms in total. The van der Waals surface area contributed by atoms with Crippen molar-refractivity contribution in [2.75, 3.05) is 0 Å². The van der Waals surface area contributed by atoms with E-state index in [4.69, 9.17) is 0 Å². The Morgan fingerprint density at radius 2 is 2.07 bits per heavy atom. The molecule has 0 heterocycles. The summed E-state index contributed by atoms with van der Waals surface area (Å²) in [7, 11) is 0. The van der Waals surface area contributed by atoms with Gasteiger partial charge in [0.1, 0.15) is 0 Å². The lowest BCUT2D eigenvalue weighted by Gasteiger charge is -2.37. The van der Waals surface area contributed by atoms with Gasteiger partial charge in [-0.3, -0.25) is 9.59 Å². The summed E-state index contributed by atoms with van der Waals surface area (Å²) in [6.45, 7) is 3.64. The van der Waals surface area contributed by atoms with E-state index in [1.54, 1.807) is 6.92 Å². The average Bonchev–Trinajstić information content (AvgIpc) is 2.54. The number of carbonyl (C=O) groups is 2. The van der Waals surface area contributed by atoms with Crippen molar-refractivity contribution in [1.82, 2.24) is 0 Å². The topological polar surface area (TPSA) is 54.4 Å². The van der Waals surface area contributed by atoms with Crippen LogP contribution in [0.15, 0.2) is 11.1 Å². The van der Waals surface area contributed by atoms with Crippen molar-refractivity contribution in [2.45, 2.75) is 39.5 Å². The van der Waals surface area contributed by atoms with E-state index in [0.717, 1.165) is 24.8 Å². The summed E-state index contributed by atoms with van der Waals surface area (Å²) < 4.78 is 0. The zero-order valence-corrected chi connectivity index (χ0v) is 9.17. The second kappa shape index (κ2) is 3.19. The van der Waals surface area contributed by atoms with Gasteiger partial charge in [-0.05, 0) is 32.1 Å². The molecule has 0 saturated heterocycles. The highest BCUT2D eigenvalue weighted by Crippen LogP contribution is 2.49. The molecule has 0 saturated carbocycles. The number of aliphatic carboxylic acids is 1. The number of hydrogen-bond donors (Lipinski definition) is 1. The second-order valence-corrected chi connectivity index (χ2v) is 4.85. The summed E-state index contributed by atoms with van der Waals surface area (Å²) in [4.78, 5) is 23.1. The SMILES string of the molecule is C[C@H]1CCC2=C(C(=O)CC2)[C@@]1(C)C(=O)O. The van der Waals surface area contributed by atoms with E-state index in [1.165, 1.54) is 0 Å². The van der Waals surface area contributed by atoms with Gasteiger partial charge >= 0.3 is 5.97 Å². The van der Waals surface area contributed by atoms with Gasteiger partial charge in [-0.2, -0.15) is 0 Å². The van der Waals surface area contributed by atoms with Gasteiger partial charge in [-0.1, -0.05) is 12.5 Å². The zero-order valence-electron chi connectivity index (χ0n) is 9.17. The number of hydrogen-bond acceptors (Lipinski definition) is 2. The van der Waals surface area contributed by atoms with Crippen molar-refractivity contribution < 1.29 is 14.7 Å². The molecule has 0 fully saturated rings. The van der Waals surface area contributed by atoms with Crippen LogP contribution in [0.2, 0.25) is 0 Å². The summed E-state index contributed by atoms with van der Waals surface area (Å²) in [5, 5.41) is 9.35. The molecule has 2 rings (SSSR count). The van der Waals surface area contributed by atoms with Crippen molar-refractivity contribution in [2.24, 2.45) is 11.3 Å². The molecule has 0 bridgehead atoms. The lowest BCUT2D eigenvalue weighted by atomic mass is 9.65. The molecular weight excluding hydrogens is 192 g/mol. The normalized spacial score (nSPS) is 35.6. The van der Waals surface area contributed by atoms with Crippen LogP contribution in [0.25, 0.3) is 0 Å². The third kappa shape index (κ3) is 1.25. The van der Waals surface area contributed by atoms with E-state index >= 15 is 0 Å². The largest absolute Gasteiger partial charge is 0.481 e. The minimum atomic E-state index is -0.943. The van der Waals surface area contributed by atoms with Gasteiger partial charge in [0.2, 0.25) is 0 Å². The molecule has 0 aromatic rings. The summed E-state index contributed by atoms with van der Waals surface area (Å²) in [6.07, 6.45) is 3.09. The van der Waals surface area contributed by atoms with Crippen molar-refractivity contribution >= 4 is 11.8 Å². The third-order valence-electron chi connectivity index (χ3n) is 4.11. The van der Waals surface area contributed by atoms with Gasteiger partial charge < -0.3 is 5.11 Å². The smallest absolute Gasteiger partial charge is 0.314 e. The van der Waals surface area contributed by atoms with Gasteiger partial charge in [0, 0.05) is 12.0 Å². The Morgan fingerprint density at radius 3 is 2.67 bits per heavy atom. The van der Waals surface area contributed by atoms with Crippen molar-refractivity contribution in [3.63, 3.8) is 0 Å². The summed E-state index contributed by atoms with van der Waals surface area (Å²) >= 11 is 0. The predicted octanol–water partition coefficient (Wildman–Crippen LogP) is 2.17. The molecule has 0 amide bonds. The minimum Gasteiger partial charge on any atom is -0.481 e. The molecule has 1 N–H and O–H groups in total. The molecular formula is C12H16O3. The molecule has 0 spiro atoms. The fourth-order valence-corrected chi connectivity index (χ4v) is 2.86. The minimum absolute atomic E-state index is 0.0517. The molecule has 2 atom stereocenters. The van der Waals surface area contributed by atoms with Crippen molar-refractivity contribution in [3.8, 4) is 0 Å². The summed E-state index contributed by atoms with van der Waals surface area (Å²) in [5.74, 6) is -0.741. The molecule has 3 heteroatoms. The van der Waals surface area contributed by atoms with E-state index < -0.39 is 11.4 Å². The Kier molecular flexibility index (Phi) is 2.21. The maximum absolute atomic E-state index is 11.8. The van der Waals surface area contributed by atoms with E-state index in [9.17, 15) is 14.7 Å². The lowest BCUT2D eigenvalue weighted by Crippen LogP contribution is -2.40. The van der Waals surface area contributed by atoms with Crippen LogP contribution >= 0.6 is 0 Å². The molecule has 2 aliphatic rings. The van der Waals surface area contributed by atoms with Crippen molar-refractivity contribution in [3.05, 3.63) is 11.1 Å². The van der Waals surface area contributed by atoms with E-state index in [2.05, 4.69) is 0 Å². The Labute approximate surface area is 89.2 Å². The monoisotopic (exact) mass is 208 g/mol. The highest BCUT2D eigenvalue weighted by Gasteiger charge is 2.50. The first kappa shape index (κ1) is 10.4. The van der Waals surface area contributed by atoms with Crippen LogP contribution in [0.5, 0.6) is 0 Å². The molecule has 0 aromatic carbocycles. The van der Waals surface area contributed by atoms with E-state index in [-0.39, 0.29) is 11.7 Å². The van der Waals surface area contributed by atoms with Gasteiger partial charge in [0.05, 0.1) is 5.41 Å². The number of rotatable bonds is 1. The number of carbonyl (C=O) groups excluding carboxylic acids is 1. The van der Waals surface area contributed by atoms with Crippen LogP contribution in [0, 0.1) is 11.3 Å². The first-order chi connectivity index (χ1) is 6.98. The lowest BCUT2D eigenvalue weighted by molar-refractivity contribution is -0.150. The van der Waals surface area contributed by atoms with E-state index in [0.29, 0.717) is 12.0 Å². The standard InChI is InChI=1S/C12H16O3/c1-7-3-4-8-5-6-9(13)10(8)12(7,2)11(14)15/h7H,3-6H2,1-2H3,(H,14,15)/t7-,12-/m0/s1. The average molecular weight is 208 g/mol. The third-order valence-corrected chi connectivity index (χ3v) is 4.11. The predicted molar refractivity (Wildman–Crippen MR) is 55.4 cm³/mol. The second-order valence-electron chi connectivity index (χ2n) is 4.85. The van der Waals surface area contributed by atoms with Gasteiger partial charge in [0.15, 0.2) is 5.78 Å². The Morgan fingerprint density at radius 1 is 1.40 bits per heavy atom. The van der Waals surface area contributed by atoms with Crippen LogP contribution in [0.4, 0.5) is 0 Å². The molecule has 0 radical (unpaired) electrons. The maximum Gasteiger partial charge on any atom is 0.314 e. The number of ketones is 1. The van der Waals surface area contributed by atoms with Gasteiger partial charge in [-0.25, -0.2) is 0 Å². The molecule has 0 aliphatic heterocycles. The van der Waals surface area contributed by atoms with Crippen LogP contribution < -0.4 is 0 Å². The molecule has 0 aromatic heterocycles. The van der Waals surface area contributed by atoms with E-state index in [1.807, 2.05) is 6.92 Å². The number of Topliss-reactive ketones (excluding diaryl/α,β-unsaturated/α-hetero) is 1. The maximum atomic E-state index is 11.8. The molecule has 0 unspecified atom stereocenters. The number of allylic oxidation sites excluding steroid dienone is 1. The Bertz CT molecular complexity index is 367. The first-order valence-electron chi connectivity index (χ1n) is 5.47. The molecule has 82 valence electrons. The highest BCUT2D eigenvalue weighted by atomic mass is 16.4. The van der Waals surface area contributed by atoms with Crippen LogP contribution in [-0.4, -0.2) is 16.9 Å². The summed E-state index contributed by atoms with van der Waals surface area (Å²) in [5.41, 5.74) is 0.776. The summed E-state index contributed by atoms with van der Waals surface area (Å²) in [6, 6.07) is 0. The highest BCUT2D eigenvalue weighted by molar-refractivity contribution is 6.05. The number of carboxylic acids is 1. The van der Waals surface area contributed by atoms with Crippen LogP contribution in [0.3, 0.4) is 0 Å². The van der Waals surface area contributed by atoms with Crippen LogP contribution in [0.1, 0.15) is 39.5 Å². The van der Waals surface area contributed by atoms with Crippen LogP contribution in [-0.2, 0) is 9.59 Å². The van der Waals surface area contributed by atoms with Crippen molar-refractivity contribution in [1.29, 1.82) is 0 Å². The molecule has 15 heavy (non-hydrogen) atoms. The van der Waals surface area contributed by atoms with Gasteiger partial charge in [-0.15, -0.1) is 0 Å². The Hall–Kier alpha value is -1.12. The fourth-order valence-electron chi connectivity index (χ4n) is 2.86. The first-order valence-corrected chi connectivity index (χ1v) is 5.47. The quantitative estimate of drug-likeness (QED) is 0.718. The Balaban J connectivity index is 2.54. The number of carboxylic acid groups (broad SMARTS) is 1. The molecule has 2 aliphatic carbocycles.